The highest BCUT2D eigenvalue weighted by Crippen LogP contribution is 2.24. The molecule has 2 N–H and O–H groups in total. The van der Waals surface area contributed by atoms with Gasteiger partial charge < -0.3 is 10.2 Å². The minimum absolute atomic E-state index is 0.320. The highest BCUT2D eigenvalue weighted by Gasteiger charge is 2.25. The van der Waals surface area contributed by atoms with E-state index < -0.39 is 17.4 Å². The van der Waals surface area contributed by atoms with Crippen LogP contribution in [0.3, 0.4) is 0 Å². The van der Waals surface area contributed by atoms with Crippen LogP contribution in [-0.2, 0) is 9.59 Å². The van der Waals surface area contributed by atoms with Crippen molar-refractivity contribution in [3.05, 3.63) is 0 Å². The van der Waals surface area contributed by atoms with Gasteiger partial charge in [-0.25, -0.2) is 0 Å². The Bertz CT molecular complexity index is 363. The average Bonchev–Trinajstić information content (AvgIpc) is 2.57. The van der Waals surface area contributed by atoms with Crippen molar-refractivity contribution in [3.8, 4) is 0 Å². The molecule has 0 radical (unpaired) electrons. The van der Waals surface area contributed by atoms with Gasteiger partial charge in [0.25, 0.3) is 0 Å². The molecule has 0 rings (SSSR count). The standard InChI is InChI=1S/C22H42O4/c1-22(2,21(25)26)19-17-15-13-11-9-7-5-3-4-6-8-10-12-14-16-18-20(23)24/h3-19H2,1-2H3,(H,23,24)(H,25,26). The van der Waals surface area contributed by atoms with E-state index in [4.69, 9.17) is 10.2 Å². The summed E-state index contributed by atoms with van der Waals surface area (Å²) in [7, 11) is 0. The van der Waals surface area contributed by atoms with Gasteiger partial charge in [-0.05, 0) is 26.7 Å². The van der Waals surface area contributed by atoms with Gasteiger partial charge in [0.05, 0.1) is 5.41 Å². The molecule has 0 spiro atoms. The minimum Gasteiger partial charge on any atom is -0.481 e. The molecule has 0 aliphatic carbocycles. The van der Waals surface area contributed by atoms with Gasteiger partial charge in [0, 0.05) is 6.42 Å². The van der Waals surface area contributed by atoms with Crippen LogP contribution in [0.1, 0.15) is 123 Å². The fraction of sp³-hybridized carbons (Fsp3) is 0.909. The molecule has 154 valence electrons. The molecule has 0 aliphatic rings. The van der Waals surface area contributed by atoms with Crippen molar-refractivity contribution in [1.82, 2.24) is 0 Å². The Morgan fingerprint density at radius 3 is 1.19 bits per heavy atom. The Balaban J connectivity index is 3.16. The number of carbonyl (C=O) groups is 2. The molecule has 0 fully saturated rings. The summed E-state index contributed by atoms with van der Waals surface area (Å²) >= 11 is 0. The van der Waals surface area contributed by atoms with Crippen molar-refractivity contribution in [2.24, 2.45) is 5.41 Å². The molecule has 0 aliphatic heterocycles. The molecule has 0 bridgehead atoms. The van der Waals surface area contributed by atoms with Crippen LogP contribution < -0.4 is 0 Å². The molecule has 0 aromatic rings. The molecule has 0 saturated carbocycles. The minimum atomic E-state index is -0.685. The lowest BCUT2D eigenvalue weighted by molar-refractivity contribution is -0.147. The third kappa shape index (κ3) is 16.4. The molecule has 0 unspecified atom stereocenters. The molecule has 0 atom stereocenters. The highest BCUT2D eigenvalue weighted by molar-refractivity contribution is 5.73. The largest absolute Gasteiger partial charge is 0.481 e. The topological polar surface area (TPSA) is 74.6 Å². The summed E-state index contributed by atoms with van der Waals surface area (Å²) in [4.78, 5) is 21.4. The fourth-order valence-electron chi connectivity index (χ4n) is 3.25. The van der Waals surface area contributed by atoms with Crippen molar-refractivity contribution in [3.63, 3.8) is 0 Å². The summed E-state index contributed by atoms with van der Waals surface area (Å²) < 4.78 is 0. The van der Waals surface area contributed by atoms with Crippen molar-refractivity contribution in [2.45, 2.75) is 123 Å². The summed E-state index contributed by atoms with van der Waals surface area (Å²) in [5.74, 6) is -1.36. The predicted molar refractivity (Wildman–Crippen MR) is 108 cm³/mol. The molecule has 4 heteroatoms. The molecule has 0 heterocycles. The van der Waals surface area contributed by atoms with Crippen LogP contribution >= 0.6 is 0 Å². The monoisotopic (exact) mass is 370 g/mol. The Kier molecular flexibility index (Phi) is 15.5. The van der Waals surface area contributed by atoms with Crippen molar-refractivity contribution in [2.75, 3.05) is 0 Å². The van der Waals surface area contributed by atoms with E-state index in [0.717, 1.165) is 32.1 Å². The van der Waals surface area contributed by atoms with Crippen molar-refractivity contribution < 1.29 is 19.8 Å². The zero-order valence-electron chi connectivity index (χ0n) is 17.2. The van der Waals surface area contributed by atoms with Crippen LogP contribution in [0.15, 0.2) is 0 Å². The number of hydrogen-bond donors (Lipinski definition) is 2. The lowest BCUT2D eigenvalue weighted by Gasteiger charge is -2.18. The van der Waals surface area contributed by atoms with Gasteiger partial charge in [0.1, 0.15) is 0 Å². The third-order valence-corrected chi connectivity index (χ3v) is 5.27. The van der Waals surface area contributed by atoms with Gasteiger partial charge in [-0.15, -0.1) is 0 Å². The lowest BCUT2D eigenvalue weighted by Crippen LogP contribution is -2.23. The van der Waals surface area contributed by atoms with E-state index in [-0.39, 0.29) is 0 Å². The zero-order valence-corrected chi connectivity index (χ0v) is 17.2. The van der Waals surface area contributed by atoms with Crippen LogP contribution in [0.4, 0.5) is 0 Å². The van der Waals surface area contributed by atoms with Gasteiger partial charge >= 0.3 is 11.9 Å². The van der Waals surface area contributed by atoms with Crippen LogP contribution in [0, 0.1) is 5.41 Å². The van der Waals surface area contributed by atoms with E-state index in [1.807, 2.05) is 13.8 Å². The summed E-state index contributed by atoms with van der Waals surface area (Å²) in [5.41, 5.74) is -0.571. The number of carboxylic acids is 2. The molecule has 4 nitrogen and oxygen atoms in total. The van der Waals surface area contributed by atoms with E-state index in [2.05, 4.69) is 0 Å². The number of carboxylic acid groups (broad SMARTS) is 2. The predicted octanol–water partition coefficient (Wildman–Crippen LogP) is 6.81. The maximum atomic E-state index is 11.0. The second-order valence-electron chi connectivity index (χ2n) is 8.39. The van der Waals surface area contributed by atoms with E-state index in [1.165, 1.54) is 70.6 Å². The van der Waals surface area contributed by atoms with Gasteiger partial charge in [-0.3, -0.25) is 9.59 Å². The first-order valence-corrected chi connectivity index (χ1v) is 10.8. The van der Waals surface area contributed by atoms with Gasteiger partial charge in [-0.1, -0.05) is 89.9 Å². The van der Waals surface area contributed by atoms with E-state index in [1.54, 1.807) is 0 Å². The van der Waals surface area contributed by atoms with E-state index in [9.17, 15) is 9.59 Å². The molecule has 0 aromatic carbocycles. The first kappa shape index (κ1) is 24.9. The Morgan fingerprint density at radius 1 is 0.577 bits per heavy atom. The van der Waals surface area contributed by atoms with Crippen LogP contribution in [0.25, 0.3) is 0 Å². The number of aliphatic carboxylic acids is 2. The molecule has 0 saturated heterocycles. The highest BCUT2D eigenvalue weighted by atomic mass is 16.4. The molecule has 26 heavy (non-hydrogen) atoms. The van der Waals surface area contributed by atoms with Gasteiger partial charge in [0.15, 0.2) is 0 Å². The molecular weight excluding hydrogens is 328 g/mol. The van der Waals surface area contributed by atoms with Gasteiger partial charge in [-0.2, -0.15) is 0 Å². The fourth-order valence-corrected chi connectivity index (χ4v) is 3.25. The maximum absolute atomic E-state index is 11.0. The Morgan fingerprint density at radius 2 is 0.885 bits per heavy atom. The SMILES string of the molecule is CC(C)(CCCCCCCCCCCCCCCCCC(=O)O)C(=O)O. The zero-order chi connectivity index (χ0) is 19.7. The van der Waals surface area contributed by atoms with Crippen LogP contribution in [-0.4, -0.2) is 22.2 Å². The number of hydrogen-bond acceptors (Lipinski definition) is 2. The average molecular weight is 371 g/mol. The normalized spacial score (nSPS) is 11.6. The molecule has 0 amide bonds. The Hall–Kier alpha value is -1.06. The smallest absolute Gasteiger partial charge is 0.309 e. The van der Waals surface area contributed by atoms with Crippen LogP contribution in [0.5, 0.6) is 0 Å². The van der Waals surface area contributed by atoms with Crippen molar-refractivity contribution >= 4 is 11.9 Å². The molecular formula is C22H42O4. The molecule has 0 aromatic heterocycles. The second-order valence-corrected chi connectivity index (χ2v) is 8.39. The number of rotatable bonds is 19. The summed E-state index contributed by atoms with van der Waals surface area (Å²) in [6, 6.07) is 0. The summed E-state index contributed by atoms with van der Waals surface area (Å²) in [6.45, 7) is 3.63. The lowest BCUT2D eigenvalue weighted by atomic mass is 9.87. The maximum Gasteiger partial charge on any atom is 0.309 e. The Labute approximate surface area is 160 Å². The quantitative estimate of drug-likeness (QED) is 0.245. The third-order valence-electron chi connectivity index (χ3n) is 5.27. The van der Waals surface area contributed by atoms with Crippen LogP contribution in [0.2, 0.25) is 0 Å². The van der Waals surface area contributed by atoms with Crippen molar-refractivity contribution in [1.29, 1.82) is 0 Å². The second kappa shape index (κ2) is 16.1. The summed E-state index contributed by atoms with van der Waals surface area (Å²) in [5, 5.41) is 17.6. The first-order chi connectivity index (χ1) is 12.4. The number of unbranched alkanes of at least 4 members (excludes halogenated alkanes) is 14. The summed E-state index contributed by atoms with van der Waals surface area (Å²) in [6.07, 6.45) is 19.4. The van der Waals surface area contributed by atoms with Gasteiger partial charge in [0.2, 0.25) is 0 Å². The van der Waals surface area contributed by atoms with E-state index in [0.29, 0.717) is 6.42 Å². The van der Waals surface area contributed by atoms with E-state index >= 15 is 0 Å². The first-order valence-electron chi connectivity index (χ1n) is 10.8.